The minimum Gasteiger partial charge on any atom is -0.489 e. The van der Waals surface area contributed by atoms with Crippen LogP contribution in [0.2, 0.25) is 0 Å². The first-order valence-corrected chi connectivity index (χ1v) is 5.96. The topological polar surface area (TPSA) is 50.1 Å². The number of nitriles is 1. The molecule has 2 aromatic rings. The van der Waals surface area contributed by atoms with Crippen molar-refractivity contribution in [1.29, 1.82) is 5.26 Å². The Morgan fingerprint density at radius 3 is 2.37 bits per heavy atom. The summed E-state index contributed by atoms with van der Waals surface area (Å²) in [4.78, 5) is 11.5. The number of carbonyl (C=O) groups is 1. The molecular formula is C16H13NO2. The number of hydrogen-bond donors (Lipinski definition) is 0. The molecule has 0 unspecified atom stereocenters. The zero-order valence-corrected chi connectivity index (χ0v) is 10.4. The zero-order valence-electron chi connectivity index (χ0n) is 10.4. The second kappa shape index (κ2) is 6.36. The molecule has 0 heterocycles. The molecule has 94 valence electrons. The van der Waals surface area contributed by atoms with Gasteiger partial charge in [-0.05, 0) is 29.8 Å². The van der Waals surface area contributed by atoms with Crippen molar-refractivity contribution in [2.24, 2.45) is 0 Å². The molecule has 0 atom stereocenters. The fourth-order valence-electron chi connectivity index (χ4n) is 1.65. The Labute approximate surface area is 112 Å². The van der Waals surface area contributed by atoms with E-state index in [1.165, 1.54) is 0 Å². The van der Waals surface area contributed by atoms with Gasteiger partial charge in [0.15, 0.2) is 5.78 Å². The van der Waals surface area contributed by atoms with Crippen LogP contribution in [0, 0.1) is 11.3 Å². The van der Waals surface area contributed by atoms with E-state index in [-0.39, 0.29) is 12.2 Å². The number of benzene rings is 2. The average Bonchev–Trinajstić information content (AvgIpc) is 2.47. The number of ketones is 1. The van der Waals surface area contributed by atoms with Crippen molar-refractivity contribution in [3.8, 4) is 11.8 Å². The Morgan fingerprint density at radius 1 is 1.05 bits per heavy atom. The van der Waals surface area contributed by atoms with Gasteiger partial charge in [-0.15, -0.1) is 0 Å². The summed E-state index contributed by atoms with van der Waals surface area (Å²) >= 11 is 0. The van der Waals surface area contributed by atoms with Crippen LogP contribution in [0.15, 0.2) is 54.6 Å². The third-order valence-electron chi connectivity index (χ3n) is 2.66. The van der Waals surface area contributed by atoms with Crippen LogP contribution in [0.25, 0.3) is 0 Å². The predicted molar refractivity (Wildman–Crippen MR) is 71.8 cm³/mol. The number of hydrogen-bond acceptors (Lipinski definition) is 3. The molecular weight excluding hydrogens is 238 g/mol. The fraction of sp³-hybridized carbons (Fsp3) is 0.125. The molecule has 0 N–H and O–H groups in total. The van der Waals surface area contributed by atoms with Gasteiger partial charge in [-0.3, -0.25) is 4.79 Å². The maximum atomic E-state index is 11.5. The van der Waals surface area contributed by atoms with E-state index in [1.807, 2.05) is 36.4 Å². The summed E-state index contributed by atoms with van der Waals surface area (Å²) in [6.07, 6.45) is -0.0930. The van der Waals surface area contributed by atoms with Gasteiger partial charge in [0, 0.05) is 5.56 Å². The molecule has 0 radical (unpaired) electrons. The number of Topliss-reactive ketones (excluding diaryl/α,β-unsaturated/α-hetero) is 1. The van der Waals surface area contributed by atoms with Crippen molar-refractivity contribution >= 4 is 5.78 Å². The first-order valence-electron chi connectivity index (χ1n) is 5.96. The van der Waals surface area contributed by atoms with Crippen molar-refractivity contribution in [1.82, 2.24) is 0 Å². The van der Waals surface area contributed by atoms with Crippen molar-refractivity contribution in [2.45, 2.75) is 13.0 Å². The van der Waals surface area contributed by atoms with Crippen molar-refractivity contribution in [3.05, 3.63) is 65.7 Å². The molecule has 0 aromatic heterocycles. The molecule has 3 heteroatoms. The Morgan fingerprint density at radius 2 is 1.74 bits per heavy atom. The van der Waals surface area contributed by atoms with Crippen LogP contribution < -0.4 is 4.74 Å². The first kappa shape index (κ1) is 12.8. The summed E-state index contributed by atoms with van der Waals surface area (Å²) in [5, 5.41) is 8.47. The minimum atomic E-state index is -0.169. The van der Waals surface area contributed by atoms with E-state index < -0.39 is 0 Å². The van der Waals surface area contributed by atoms with E-state index >= 15 is 0 Å². The van der Waals surface area contributed by atoms with Crippen LogP contribution >= 0.6 is 0 Å². The molecule has 2 aromatic carbocycles. The highest BCUT2D eigenvalue weighted by atomic mass is 16.5. The lowest BCUT2D eigenvalue weighted by molar-refractivity contribution is 0.0997. The molecule has 19 heavy (non-hydrogen) atoms. The standard InChI is InChI=1S/C16H13NO2/c17-11-10-16(18)14-6-8-15(9-7-14)19-12-13-4-2-1-3-5-13/h1-9H,10,12H2. The van der Waals surface area contributed by atoms with E-state index in [4.69, 9.17) is 10.00 Å². The van der Waals surface area contributed by atoms with Gasteiger partial charge in [-0.1, -0.05) is 30.3 Å². The summed E-state index contributed by atoms with van der Waals surface area (Å²) in [6.45, 7) is 0.492. The zero-order chi connectivity index (χ0) is 13.5. The average molecular weight is 251 g/mol. The van der Waals surface area contributed by atoms with Gasteiger partial charge >= 0.3 is 0 Å². The number of ether oxygens (including phenoxy) is 1. The van der Waals surface area contributed by atoms with E-state index in [2.05, 4.69) is 0 Å². The van der Waals surface area contributed by atoms with E-state index in [0.29, 0.717) is 17.9 Å². The predicted octanol–water partition coefficient (Wildman–Crippen LogP) is 3.36. The molecule has 0 aliphatic carbocycles. The Bertz CT molecular complexity index is 582. The highest BCUT2D eigenvalue weighted by Gasteiger charge is 2.04. The summed E-state index contributed by atoms with van der Waals surface area (Å²) in [7, 11) is 0. The van der Waals surface area contributed by atoms with Gasteiger partial charge in [0.1, 0.15) is 12.4 Å². The van der Waals surface area contributed by atoms with Crippen LogP contribution in [0.1, 0.15) is 22.3 Å². The van der Waals surface area contributed by atoms with E-state index in [0.717, 1.165) is 5.56 Å². The molecule has 0 amide bonds. The molecule has 2 rings (SSSR count). The summed E-state index contributed by atoms with van der Waals surface area (Å²) < 4.78 is 5.61. The molecule has 0 aliphatic rings. The van der Waals surface area contributed by atoms with Crippen molar-refractivity contribution in [2.75, 3.05) is 0 Å². The van der Waals surface area contributed by atoms with Gasteiger partial charge < -0.3 is 4.74 Å². The Balaban J connectivity index is 1.96. The number of rotatable bonds is 5. The maximum absolute atomic E-state index is 11.5. The minimum absolute atomic E-state index is 0.0930. The third kappa shape index (κ3) is 3.68. The van der Waals surface area contributed by atoms with E-state index in [1.54, 1.807) is 24.3 Å². The van der Waals surface area contributed by atoms with Crippen LogP contribution in [-0.2, 0) is 6.61 Å². The molecule has 0 saturated carbocycles. The van der Waals surface area contributed by atoms with Crippen molar-refractivity contribution in [3.63, 3.8) is 0 Å². The third-order valence-corrected chi connectivity index (χ3v) is 2.66. The molecule has 0 spiro atoms. The highest BCUT2D eigenvalue weighted by Crippen LogP contribution is 2.15. The van der Waals surface area contributed by atoms with Gasteiger partial charge in [-0.25, -0.2) is 0 Å². The highest BCUT2D eigenvalue weighted by molar-refractivity contribution is 5.97. The molecule has 0 saturated heterocycles. The quantitative estimate of drug-likeness (QED) is 0.765. The first-order chi connectivity index (χ1) is 9.29. The Kier molecular flexibility index (Phi) is 4.30. The monoisotopic (exact) mass is 251 g/mol. The van der Waals surface area contributed by atoms with Gasteiger partial charge in [0.25, 0.3) is 0 Å². The lowest BCUT2D eigenvalue weighted by atomic mass is 10.1. The van der Waals surface area contributed by atoms with E-state index in [9.17, 15) is 4.79 Å². The molecule has 0 aliphatic heterocycles. The lowest BCUT2D eigenvalue weighted by Gasteiger charge is -2.06. The number of nitrogens with zero attached hydrogens (tertiary/aromatic N) is 1. The largest absolute Gasteiger partial charge is 0.489 e. The second-order valence-electron chi connectivity index (χ2n) is 4.06. The summed E-state index contributed by atoms with van der Waals surface area (Å²) in [5.74, 6) is 0.537. The lowest BCUT2D eigenvalue weighted by Crippen LogP contribution is -1.98. The second-order valence-corrected chi connectivity index (χ2v) is 4.06. The normalized spacial score (nSPS) is 9.63. The van der Waals surface area contributed by atoms with Gasteiger partial charge in [0.05, 0.1) is 12.5 Å². The van der Waals surface area contributed by atoms with Crippen LogP contribution in [0.5, 0.6) is 5.75 Å². The SMILES string of the molecule is N#CCC(=O)c1ccc(OCc2ccccc2)cc1. The van der Waals surface area contributed by atoms with Crippen LogP contribution in [0.4, 0.5) is 0 Å². The summed E-state index contributed by atoms with van der Waals surface area (Å²) in [5.41, 5.74) is 1.63. The van der Waals surface area contributed by atoms with Crippen LogP contribution in [0.3, 0.4) is 0 Å². The molecule has 0 bridgehead atoms. The van der Waals surface area contributed by atoms with Crippen molar-refractivity contribution < 1.29 is 9.53 Å². The number of carbonyl (C=O) groups excluding carboxylic acids is 1. The van der Waals surface area contributed by atoms with Gasteiger partial charge in [-0.2, -0.15) is 5.26 Å². The fourth-order valence-corrected chi connectivity index (χ4v) is 1.65. The molecule has 0 fully saturated rings. The summed E-state index contributed by atoms with van der Waals surface area (Å²) in [6, 6.07) is 18.6. The van der Waals surface area contributed by atoms with Crippen LogP contribution in [-0.4, -0.2) is 5.78 Å². The molecule has 3 nitrogen and oxygen atoms in total. The smallest absolute Gasteiger partial charge is 0.176 e. The van der Waals surface area contributed by atoms with Gasteiger partial charge in [0.2, 0.25) is 0 Å². The maximum Gasteiger partial charge on any atom is 0.176 e. The Hall–Kier alpha value is -2.60.